The minimum Gasteiger partial charge on any atom is -0.448 e. The number of carbonyl (C=O) groups is 2. The smallest absolute Gasteiger partial charge is 0.409 e. The van der Waals surface area contributed by atoms with E-state index in [-0.39, 0.29) is 25.7 Å². The van der Waals surface area contributed by atoms with Gasteiger partial charge in [-0.3, -0.25) is 9.89 Å². The number of ether oxygens (including phenoxy) is 1. The second-order valence-corrected chi connectivity index (χ2v) is 6.78. The Hall–Kier alpha value is -3.72. The van der Waals surface area contributed by atoms with Crippen LogP contribution in [0.1, 0.15) is 12.1 Å². The van der Waals surface area contributed by atoms with E-state index in [0.29, 0.717) is 30.0 Å². The quantitative estimate of drug-likeness (QED) is 0.512. The van der Waals surface area contributed by atoms with Crippen molar-refractivity contribution in [2.24, 2.45) is 0 Å². The van der Waals surface area contributed by atoms with E-state index >= 15 is 0 Å². The Morgan fingerprint density at radius 1 is 1.16 bits per heavy atom. The fourth-order valence-corrected chi connectivity index (χ4v) is 2.95. The molecule has 2 amide bonds. The van der Waals surface area contributed by atoms with E-state index in [4.69, 9.17) is 9.84 Å². The number of para-hydroxylation sites is 1. The first-order valence-electron chi connectivity index (χ1n) is 9.92. The highest BCUT2D eigenvalue weighted by molar-refractivity contribution is 6.04. The molecule has 3 rings (SSSR count). The second-order valence-electron chi connectivity index (χ2n) is 6.78. The maximum atomic E-state index is 12.9. The lowest BCUT2D eigenvalue weighted by Gasteiger charge is -2.22. The summed E-state index contributed by atoms with van der Waals surface area (Å²) in [7, 11) is 1.60. The molecule has 0 aliphatic heterocycles. The molecule has 0 aliphatic carbocycles. The van der Waals surface area contributed by atoms with Crippen molar-refractivity contribution < 1.29 is 19.4 Å². The van der Waals surface area contributed by atoms with Crippen molar-refractivity contribution in [3.05, 3.63) is 60.4 Å². The number of aromatic amines is 1. The summed E-state index contributed by atoms with van der Waals surface area (Å²) in [5.41, 5.74) is 1.95. The van der Waals surface area contributed by atoms with Gasteiger partial charge in [0.25, 0.3) is 5.91 Å². The maximum Gasteiger partial charge on any atom is 0.409 e. The van der Waals surface area contributed by atoms with Gasteiger partial charge in [0.2, 0.25) is 0 Å². The molecule has 0 aliphatic rings. The second kappa shape index (κ2) is 10.9. The fourth-order valence-electron chi connectivity index (χ4n) is 2.95. The van der Waals surface area contributed by atoms with E-state index in [1.807, 2.05) is 36.4 Å². The van der Waals surface area contributed by atoms with Crippen molar-refractivity contribution in [2.45, 2.75) is 6.42 Å². The highest BCUT2D eigenvalue weighted by atomic mass is 16.6. The van der Waals surface area contributed by atoms with Gasteiger partial charge in [0.05, 0.1) is 12.2 Å². The van der Waals surface area contributed by atoms with Gasteiger partial charge < -0.3 is 19.6 Å². The zero-order valence-corrected chi connectivity index (χ0v) is 17.3. The van der Waals surface area contributed by atoms with Gasteiger partial charge >= 0.3 is 6.09 Å². The monoisotopic (exact) mass is 423 g/mol. The average molecular weight is 423 g/mol. The van der Waals surface area contributed by atoms with Gasteiger partial charge in [0.15, 0.2) is 5.65 Å². The number of hydrogen-bond acceptors (Lipinski definition) is 6. The van der Waals surface area contributed by atoms with E-state index in [1.54, 1.807) is 25.4 Å². The number of fused-ring (bicyclic) bond motifs is 1. The minimum absolute atomic E-state index is 0.00191. The molecular weight excluding hydrogens is 398 g/mol. The van der Waals surface area contributed by atoms with Gasteiger partial charge in [0, 0.05) is 43.5 Å². The number of benzene rings is 1. The summed E-state index contributed by atoms with van der Waals surface area (Å²) < 4.78 is 5.27. The average Bonchev–Trinajstić information content (AvgIpc) is 3.22. The van der Waals surface area contributed by atoms with Gasteiger partial charge in [-0.25, -0.2) is 9.78 Å². The number of aromatic nitrogens is 3. The van der Waals surface area contributed by atoms with Gasteiger partial charge in [0.1, 0.15) is 6.61 Å². The molecule has 162 valence electrons. The number of carbonyl (C=O) groups excluding carboxylic acids is 2. The van der Waals surface area contributed by atoms with Crippen LogP contribution in [0.5, 0.6) is 0 Å². The molecule has 1 aromatic carbocycles. The van der Waals surface area contributed by atoms with Gasteiger partial charge in [-0.1, -0.05) is 18.2 Å². The van der Waals surface area contributed by atoms with Crippen molar-refractivity contribution in [3.8, 4) is 0 Å². The Morgan fingerprint density at radius 2 is 1.97 bits per heavy atom. The number of nitrogens with zero attached hydrogens (tertiary/aromatic N) is 4. The number of H-pyrrole nitrogens is 1. The standard InChI is InChI=1S/C22H25N5O4/c1-26(13-6-15-28)22(30)31-16-14-27(17-7-3-2-4-8-17)20(29)11-10-19-18-9-5-12-23-21(18)25-24-19/h2-5,7-12,28H,6,13-16H2,1H3,(H,23,24,25). The van der Waals surface area contributed by atoms with Crippen LogP contribution >= 0.6 is 0 Å². The normalized spacial score (nSPS) is 11.0. The van der Waals surface area contributed by atoms with Gasteiger partial charge in [-0.15, -0.1) is 0 Å². The number of aliphatic hydroxyl groups is 1. The summed E-state index contributed by atoms with van der Waals surface area (Å²) in [6, 6.07) is 12.8. The van der Waals surface area contributed by atoms with Crippen LogP contribution in [0.4, 0.5) is 10.5 Å². The Labute approximate surface area is 179 Å². The molecule has 0 atom stereocenters. The summed E-state index contributed by atoms with van der Waals surface area (Å²) >= 11 is 0. The zero-order valence-electron chi connectivity index (χ0n) is 17.3. The van der Waals surface area contributed by atoms with E-state index in [2.05, 4.69) is 15.2 Å². The number of amides is 2. The van der Waals surface area contributed by atoms with Crippen LogP contribution in [0.15, 0.2) is 54.7 Å². The van der Waals surface area contributed by atoms with E-state index in [1.165, 1.54) is 15.9 Å². The minimum atomic E-state index is -0.499. The third-order valence-electron chi connectivity index (χ3n) is 4.59. The number of nitrogens with one attached hydrogen (secondary N) is 1. The van der Waals surface area contributed by atoms with Crippen LogP contribution in [0, 0.1) is 0 Å². The molecule has 2 heterocycles. The number of rotatable bonds is 9. The molecule has 2 aromatic heterocycles. The van der Waals surface area contributed by atoms with Gasteiger partial charge in [-0.05, 0) is 36.8 Å². The molecule has 2 N–H and O–H groups in total. The van der Waals surface area contributed by atoms with Gasteiger partial charge in [-0.2, -0.15) is 5.10 Å². The van der Waals surface area contributed by atoms with Crippen LogP contribution in [-0.2, 0) is 9.53 Å². The number of hydrogen-bond donors (Lipinski definition) is 2. The molecule has 0 radical (unpaired) electrons. The summed E-state index contributed by atoms with van der Waals surface area (Å²) in [5.74, 6) is -0.262. The maximum absolute atomic E-state index is 12.9. The predicted octanol–water partition coefficient (Wildman–Crippen LogP) is 2.46. The number of anilines is 1. The summed E-state index contributed by atoms with van der Waals surface area (Å²) in [4.78, 5) is 32.1. The van der Waals surface area contributed by atoms with Crippen LogP contribution < -0.4 is 4.90 Å². The Morgan fingerprint density at radius 3 is 2.74 bits per heavy atom. The predicted molar refractivity (Wildman–Crippen MR) is 117 cm³/mol. The number of aliphatic hydroxyl groups excluding tert-OH is 1. The molecule has 0 bridgehead atoms. The summed E-state index contributed by atoms with van der Waals surface area (Å²) in [6.07, 6.45) is 4.73. The molecule has 31 heavy (non-hydrogen) atoms. The third kappa shape index (κ3) is 5.89. The fraction of sp³-hybridized carbons (Fsp3) is 0.273. The SMILES string of the molecule is CN(CCCO)C(=O)OCCN(C(=O)C=Cc1[nH]nc2ncccc12)c1ccccc1. The zero-order chi connectivity index (χ0) is 22.1. The summed E-state index contributed by atoms with van der Waals surface area (Å²) in [6.45, 7) is 0.625. The van der Waals surface area contributed by atoms with Crippen LogP contribution in [0.25, 0.3) is 17.1 Å². The first kappa shape index (κ1) is 22.0. The van der Waals surface area contributed by atoms with E-state index in [0.717, 1.165) is 5.39 Å². The molecule has 0 saturated heterocycles. The van der Waals surface area contributed by atoms with Crippen molar-refractivity contribution in [1.82, 2.24) is 20.1 Å². The van der Waals surface area contributed by atoms with E-state index in [9.17, 15) is 9.59 Å². The Kier molecular flexibility index (Phi) is 7.72. The molecular formula is C22H25N5O4. The first-order valence-corrected chi connectivity index (χ1v) is 9.92. The molecule has 9 heteroatoms. The molecule has 0 unspecified atom stereocenters. The van der Waals surface area contributed by atoms with Crippen molar-refractivity contribution in [2.75, 3.05) is 38.3 Å². The highest BCUT2D eigenvalue weighted by Gasteiger charge is 2.16. The van der Waals surface area contributed by atoms with Crippen molar-refractivity contribution in [3.63, 3.8) is 0 Å². The Balaban J connectivity index is 1.67. The summed E-state index contributed by atoms with van der Waals surface area (Å²) in [5, 5.41) is 16.7. The molecule has 0 fully saturated rings. The van der Waals surface area contributed by atoms with Crippen LogP contribution in [-0.4, -0.2) is 70.5 Å². The lowest BCUT2D eigenvalue weighted by molar-refractivity contribution is -0.114. The largest absolute Gasteiger partial charge is 0.448 e. The lowest BCUT2D eigenvalue weighted by atomic mass is 10.2. The topological polar surface area (TPSA) is 112 Å². The Bertz CT molecular complexity index is 1030. The van der Waals surface area contributed by atoms with Crippen LogP contribution in [0.2, 0.25) is 0 Å². The molecule has 3 aromatic rings. The van der Waals surface area contributed by atoms with Crippen molar-refractivity contribution in [1.29, 1.82) is 0 Å². The first-order chi connectivity index (χ1) is 15.1. The molecule has 9 nitrogen and oxygen atoms in total. The lowest BCUT2D eigenvalue weighted by Crippen LogP contribution is -2.35. The highest BCUT2D eigenvalue weighted by Crippen LogP contribution is 2.17. The van der Waals surface area contributed by atoms with Crippen molar-refractivity contribution >= 4 is 34.8 Å². The molecule has 0 saturated carbocycles. The third-order valence-corrected chi connectivity index (χ3v) is 4.59. The number of pyridine rings is 1. The van der Waals surface area contributed by atoms with E-state index < -0.39 is 6.09 Å². The van der Waals surface area contributed by atoms with Crippen LogP contribution in [0.3, 0.4) is 0 Å². The molecule has 0 spiro atoms.